The van der Waals surface area contributed by atoms with E-state index in [1.165, 1.54) is 32.1 Å². The Labute approximate surface area is 81.3 Å². The van der Waals surface area contributed by atoms with Gasteiger partial charge in [-0.3, -0.25) is 0 Å². The Morgan fingerprint density at radius 3 is 2.54 bits per heavy atom. The Balaban J connectivity index is 1.75. The number of nitrogens with one attached hydrogen (secondary N) is 1. The fraction of sp³-hybridized carbons (Fsp3) is 1.00. The molecule has 2 saturated carbocycles. The van der Waals surface area contributed by atoms with Crippen LogP contribution in [0.5, 0.6) is 0 Å². The third kappa shape index (κ3) is 2.44. The lowest BCUT2D eigenvalue weighted by atomic mass is 10.1. The summed E-state index contributed by atoms with van der Waals surface area (Å²) < 4.78 is 0. The summed E-state index contributed by atoms with van der Waals surface area (Å²) in [5.74, 6) is 1.83. The first-order chi connectivity index (χ1) is 6.29. The third-order valence-corrected chi connectivity index (χ3v) is 3.59. The molecule has 0 amide bonds. The van der Waals surface area contributed by atoms with Gasteiger partial charge in [0.1, 0.15) is 0 Å². The fourth-order valence-electron chi connectivity index (χ4n) is 2.56. The van der Waals surface area contributed by atoms with Gasteiger partial charge in [0.25, 0.3) is 0 Å². The van der Waals surface area contributed by atoms with E-state index in [-0.39, 0.29) is 0 Å². The van der Waals surface area contributed by atoms with Crippen LogP contribution in [0, 0.1) is 11.8 Å². The van der Waals surface area contributed by atoms with E-state index in [4.69, 9.17) is 5.73 Å². The standard InChI is InChI=1S/C11H22N2/c1-8-2-5-10(6-8)13-11(7-12)9-3-4-9/h8-11,13H,2-7,12H2,1H3. The Kier molecular flexibility index (Phi) is 2.89. The number of rotatable bonds is 4. The molecule has 0 aromatic carbocycles. The largest absolute Gasteiger partial charge is 0.329 e. The maximum Gasteiger partial charge on any atom is 0.0221 e. The van der Waals surface area contributed by atoms with Crippen molar-refractivity contribution in [1.29, 1.82) is 0 Å². The third-order valence-electron chi connectivity index (χ3n) is 3.59. The van der Waals surface area contributed by atoms with Crippen molar-refractivity contribution in [3.05, 3.63) is 0 Å². The van der Waals surface area contributed by atoms with Crippen LogP contribution in [-0.2, 0) is 0 Å². The van der Waals surface area contributed by atoms with Gasteiger partial charge in [0.05, 0.1) is 0 Å². The fourth-order valence-corrected chi connectivity index (χ4v) is 2.56. The molecule has 0 aromatic heterocycles. The van der Waals surface area contributed by atoms with E-state index in [0.29, 0.717) is 6.04 Å². The molecule has 13 heavy (non-hydrogen) atoms. The summed E-state index contributed by atoms with van der Waals surface area (Å²) in [5.41, 5.74) is 5.76. The van der Waals surface area contributed by atoms with Crippen LogP contribution in [0.1, 0.15) is 39.0 Å². The zero-order valence-electron chi connectivity index (χ0n) is 8.63. The van der Waals surface area contributed by atoms with Crippen LogP contribution in [0.2, 0.25) is 0 Å². The highest BCUT2D eigenvalue weighted by Gasteiger charge is 2.32. The van der Waals surface area contributed by atoms with Gasteiger partial charge in [-0.25, -0.2) is 0 Å². The van der Waals surface area contributed by atoms with E-state index < -0.39 is 0 Å². The maximum absolute atomic E-state index is 5.76. The van der Waals surface area contributed by atoms with Crippen LogP contribution < -0.4 is 11.1 Å². The van der Waals surface area contributed by atoms with Crippen molar-refractivity contribution in [2.75, 3.05) is 6.54 Å². The molecule has 3 N–H and O–H groups in total. The first-order valence-electron chi connectivity index (χ1n) is 5.75. The molecule has 3 unspecified atom stereocenters. The summed E-state index contributed by atoms with van der Waals surface area (Å²) in [6, 6.07) is 1.39. The van der Waals surface area contributed by atoms with E-state index in [2.05, 4.69) is 12.2 Å². The average Bonchev–Trinajstić information content (AvgIpc) is 2.87. The molecule has 2 aliphatic carbocycles. The lowest BCUT2D eigenvalue weighted by molar-refractivity contribution is 0.395. The van der Waals surface area contributed by atoms with Crippen LogP contribution in [0.3, 0.4) is 0 Å². The van der Waals surface area contributed by atoms with Gasteiger partial charge in [-0.2, -0.15) is 0 Å². The Hall–Kier alpha value is -0.0800. The molecule has 0 aliphatic heterocycles. The van der Waals surface area contributed by atoms with E-state index >= 15 is 0 Å². The van der Waals surface area contributed by atoms with Crippen molar-refractivity contribution in [3.63, 3.8) is 0 Å². The average molecular weight is 182 g/mol. The molecular formula is C11H22N2. The van der Waals surface area contributed by atoms with Crippen molar-refractivity contribution < 1.29 is 0 Å². The monoisotopic (exact) mass is 182 g/mol. The summed E-state index contributed by atoms with van der Waals surface area (Å²) in [7, 11) is 0. The second-order valence-corrected chi connectivity index (χ2v) is 4.96. The van der Waals surface area contributed by atoms with Gasteiger partial charge in [0, 0.05) is 18.6 Å². The molecule has 2 rings (SSSR count). The summed E-state index contributed by atoms with van der Waals surface area (Å²) in [6.45, 7) is 3.19. The van der Waals surface area contributed by atoms with E-state index in [1.807, 2.05) is 0 Å². The second-order valence-electron chi connectivity index (χ2n) is 4.96. The number of nitrogens with two attached hydrogens (primary N) is 1. The Morgan fingerprint density at radius 1 is 1.31 bits per heavy atom. The van der Waals surface area contributed by atoms with Crippen molar-refractivity contribution >= 4 is 0 Å². The van der Waals surface area contributed by atoms with Crippen LogP contribution in [0.15, 0.2) is 0 Å². The molecule has 0 spiro atoms. The van der Waals surface area contributed by atoms with Crippen LogP contribution >= 0.6 is 0 Å². The molecule has 2 heteroatoms. The summed E-state index contributed by atoms with van der Waals surface area (Å²) in [4.78, 5) is 0. The second kappa shape index (κ2) is 3.97. The normalized spacial score (nSPS) is 36.5. The van der Waals surface area contributed by atoms with Crippen molar-refractivity contribution in [2.24, 2.45) is 17.6 Å². The SMILES string of the molecule is CC1CCC(NC(CN)C2CC2)C1. The molecule has 0 aromatic rings. The lowest BCUT2D eigenvalue weighted by Gasteiger charge is -2.21. The van der Waals surface area contributed by atoms with Crippen LogP contribution in [-0.4, -0.2) is 18.6 Å². The molecule has 2 fully saturated rings. The van der Waals surface area contributed by atoms with Crippen molar-refractivity contribution in [3.8, 4) is 0 Å². The summed E-state index contributed by atoms with van der Waals surface area (Å²) >= 11 is 0. The molecule has 0 radical (unpaired) electrons. The zero-order chi connectivity index (χ0) is 9.26. The first kappa shape index (κ1) is 9.47. The minimum atomic E-state index is 0.621. The highest BCUT2D eigenvalue weighted by Crippen LogP contribution is 2.34. The summed E-state index contributed by atoms with van der Waals surface area (Å²) in [6.07, 6.45) is 6.93. The van der Waals surface area contributed by atoms with Gasteiger partial charge in [0.15, 0.2) is 0 Å². The first-order valence-corrected chi connectivity index (χ1v) is 5.75. The topological polar surface area (TPSA) is 38.0 Å². The predicted octanol–water partition coefficient (Wildman–Crippen LogP) is 1.50. The van der Waals surface area contributed by atoms with E-state index in [9.17, 15) is 0 Å². The molecule has 76 valence electrons. The molecule has 2 aliphatic rings. The molecule has 3 atom stereocenters. The zero-order valence-corrected chi connectivity index (χ0v) is 8.63. The van der Waals surface area contributed by atoms with Crippen molar-refractivity contribution in [1.82, 2.24) is 5.32 Å². The van der Waals surface area contributed by atoms with Gasteiger partial charge in [-0.1, -0.05) is 6.92 Å². The summed E-state index contributed by atoms with van der Waals surface area (Å²) in [5, 5.41) is 3.73. The Bertz CT molecular complexity index is 165. The number of hydrogen-bond donors (Lipinski definition) is 2. The maximum atomic E-state index is 5.76. The quantitative estimate of drug-likeness (QED) is 0.691. The highest BCUT2D eigenvalue weighted by atomic mass is 15.0. The minimum Gasteiger partial charge on any atom is -0.329 e. The smallest absolute Gasteiger partial charge is 0.0221 e. The van der Waals surface area contributed by atoms with Gasteiger partial charge in [-0.15, -0.1) is 0 Å². The molecular weight excluding hydrogens is 160 g/mol. The van der Waals surface area contributed by atoms with Crippen molar-refractivity contribution in [2.45, 2.75) is 51.1 Å². The molecule has 2 nitrogen and oxygen atoms in total. The van der Waals surface area contributed by atoms with E-state index in [0.717, 1.165) is 24.4 Å². The predicted molar refractivity (Wildman–Crippen MR) is 55.5 cm³/mol. The molecule has 0 saturated heterocycles. The van der Waals surface area contributed by atoms with Gasteiger partial charge in [-0.05, 0) is 43.9 Å². The number of hydrogen-bond acceptors (Lipinski definition) is 2. The van der Waals surface area contributed by atoms with E-state index in [1.54, 1.807) is 0 Å². The molecule has 0 bridgehead atoms. The lowest BCUT2D eigenvalue weighted by Crippen LogP contribution is -2.43. The van der Waals surface area contributed by atoms with Crippen LogP contribution in [0.4, 0.5) is 0 Å². The van der Waals surface area contributed by atoms with Gasteiger partial charge >= 0.3 is 0 Å². The highest BCUT2D eigenvalue weighted by molar-refractivity contribution is 4.90. The molecule has 0 heterocycles. The van der Waals surface area contributed by atoms with Gasteiger partial charge in [0.2, 0.25) is 0 Å². The van der Waals surface area contributed by atoms with Crippen LogP contribution in [0.25, 0.3) is 0 Å². The van der Waals surface area contributed by atoms with Gasteiger partial charge < -0.3 is 11.1 Å². The Morgan fingerprint density at radius 2 is 2.08 bits per heavy atom. The minimum absolute atomic E-state index is 0.621.